The molecule has 1 atom stereocenters. The predicted molar refractivity (Wildman–Crippen MR) is 86.5 cm³/mol. The van der Waals surface area contributed by atoms with Crippen LogP contribution in [0, 0.1) is 0 Å². The number of halogens is 1. The number of aromatic nitrogens is 2. The molecule has 3 nitrogen and oxygen atoms in total. The predicted octanol–water partition coefficient (Wildman–Crippen LogP) is 3.39. The van der Waals surface area contributed by atoms with E-state index in [0.29, 0.717) is 6.04 Å². The number of thioether (sulfide) groups is 1. The van der Waals surface area contributed by atoms with Crippen molar-refractivity contribution in [2.75, 3.05) is 18.6 Å². The second-order valence-corrected chi connectivity index (χ2v) is 6.17. The summed E-state index contributed by atoms with van der Waals surface area (Å²) in [5, 5.41) is 8.84. The summed E-state index contributed by atoms with van der Waals surface area (Å²) in [6.07, 6.45) is 3.08. The van der Waals surface area contributed by atoms with Crippen molar-refractivity contribution in [1.29, 1.82) is 0 Å². The Hall–Kier alpha value is -0.190. The van der Waals surface area contributed by atoms with Gasteiger partial charge in [-0.05, 0) is 32.6 Å². The third kappa shape index (κ3) is 4.69. The number of nitrogens with zero attached hydrogens (tertiary/aromatic N) is 2. The highest BCUT2D eigenvalue weighted by molar-refractivity contribution is 7.99. The highest BCUT2D eigenvalue weighted by Crippen LogP contribution is 2.23. The van der Waals surface area contributed by atoms with Gasteiger partial charge >= 0.3 is 0 Å². The minimum Gasteiger partial charge on any atom is -0.316 e. The van der Waals surface area contributed by atoms with Crippen molar-refractivity contribution in [3.8, 4) is 0 Å². The Kier molecular flexibility index (Phi) is 7.88. The standard InChI is InChI=1S/C14H26ClN3S/c1-5-8-19-10-11(16-4)9-13-14(15)12(6-2)17-18(13)7-3/h11,16H,5-10H2,1-4H3. The first-order valence-corrected chi connectivity index (χ1v) is 8.70. The molecule has 1 aromatic heterocycles. The van der Waals surface area contributed by atoms with E-state index in [9.17, 15) is 0 Å². The molecule has 0 saturated heterocycles. The van der Waals surface area contributed by atoms with Crippen molar-refractivity contribution in [2.45, 2.75) is 52.6 Å². The molecule has 0 fully saturated rings. The van der Waals surface area contributed by atoms with E-state index in [0.717, 1.165) is 35.9 Å². The van der Waals surface area contributed by atoms with Crippen molar-refractivity contribution in [3.63, 3.8) is 0 Å². The maximum absolute atomic E-state index is 6.45. The Morgan fingerprint density at radius 1 is 1.37 bits per heavy atom. The van der Waals surface area contributed by atoms with Crippen LogP contribution < -0.4 is 5.32 Å². The molecule has 1 unspecified atom stereocenters. The molecule has 0 radical (unpaired) electrons. The number of aryl methyl sites for hydroxylation is 2. The molecule has 1 aromatic rings. The number of hydrogen-bond donors (Lipinski definition) is 1. The average Bonchev–Trinajstić information content (AvgIpc) is 2.74. The average molecular weight is 304 g/mol. The molecular weight excluding hydrogens is 278 g/mol. The molecule has 19 heavy (non-hydrogen) atoms. The molecule has 0 aliphatic rings. The number of likely N-dealkylation sites (N-methyl/N-ethyl adjacent to an activating group) is 1. The Morgan fingerprint density at radius 2 is 2.11 bits per heavy atom. The van der Waals surface area contributed by atoms with Gasteiger partial charge in [-0.15, -0.1) is 0 Å². The van der Waals surface area contributed by atoms with Crippen LogP contribution in [0.2, 0.25) is 5.02 Å². The summed E-state index contributed by atoms with van der Waals surface area (Å²) in [6, 6.07) is 0.459. The van der Waals surface area contributed by atoms with Gasteiger partial charge in [0, 0.05) is 24.8 Å². The lowest BCUT2D eigenvalue weighted by Gasteiger charge is -2.16. The quantitative estimate of drug-likeness (QED) is 0.709. The summed E-state index contributed by atoms with van der Waals surface area (Å²) >= 11 is 8.45. The van der Waals surface area contributed by atoms with E-state index in [1.54, 1.807) is 0 Å². The van der Waals surface area contributed by atoms with Crippen LogP contribution in [0.4, 0.5) is 0 Å². The van der Waals surface area contributed by atoms with E-state index >= 15 is 0 Å². The number of rotatable bonds is 9. The normalized spacial score (nSPS) is 12.9. The van der Waals surface area contributed by atoms with Gasteiger partial charge in [0.1, 0.15) is 0 Å². The molecule has 0 amide bonds. The molecule has 0 bridgehead atoms. The summed E-state index contributed by atoms with van der Waals surface area (Å²) in [7, 11) is 2.03. The van der Waals surface area contributed by atoms with Gasteiger partial charge in [-0.1, -0.05) is 25.4 Å². The second kappa shape index (κ2) is 8.88. The first-order chi connectivity index (χ1) is 9.17. The molecule has 0 aromatic carbocycles. The largest absolute Gasteiger partial charge is 0.316 e. The number of nitrogens with one attached hydrogen (secondary N) is 1. The van der Waals surface area contributed by atoms with Crippen LogP contribution in [0.5, 0.6) is 0 Å². The van der Waals surface area contributed by atoms with Crippen LogP contribution in [0.15, 0.2) is 0 Å². The van der Waals surface area contributed by atoms with Crippen LogP contribution in [0.25, 0.3) is 0 Å². The Morgan fingerprint density at radius 3 is 2.63 bits per heavy atom. The van der Waals surface area contributed by atoms with Crippen molar-refractivity contribution < 1.29 is 0 Å². The summed E-state index contributed by atoms with van der Waals surface area (Å²) in [5.41, 5.74) is 2.20. The van der Waals surface area contributed by atoms with E-state index in [-0.39, 0.29) is 0 Å². The molecule has 5 heteroatoms. The summed E-state index contributed by atoms with van der Waals surface area (Å²) in [5.74, 6) is 2.34. The highest BCUT2D eigenvalue weighted by Gasteiger charge is 2.17. The maximum Gasteiger partial charge on any atom is 0.0850 e. The van der Waals surface area contributed by atoms with Crippen molar-refractivity contribution in [2.24, 2.45) is 0 Å². The van der Waals surface area contributed by atoms with Gasteiger partial charge in [0.05, 0.1) is 16.4 Å². The van der Waals surface area contributed by atoms with Gasteiger partial charge in [-0.3, -0.25) is 4.68 Å². The molecule has 0 aliphatic carbocycles. The van der Waals surface area contributed by atoms with Crippen LogP contribution in [-0.4, -0.2) is 34.4 Å². The lowest BCUT2D eigenvalue weighted by molar-refractivity contribution is 0.555. The van der Waals surface area contributed by atoms with Gasteiger partial charge in [-0.25, -0.2) is 0 Å². The van der Waals surface area contributed by atoms with Crippen LogP contribution in [-0.2, 0) is 19.4 Å². The minimum atomic E-state index is 0.459. The third-order valence-electron chi connectivity index (χ3n) is 3.21. The minimum absolute atomic E-state index is 0.459. The molecular formula is C14H26ClN3S. The maximum atomic E-state index is 6.45. The fourth-order valence-electron chi connectivity index (χ4n) is 2.06. The SMILES string of the molecule is CCCSCC(Cc1c(Cl)c(CC)nn1CC)NC. The fourth-order valence-corrected chi connectivity index (χ4v) is 3.43. The van der Waals surface area contributed by atoms with Crippen molar-refractivity contribution in [3.05, 3.63) is 16.4 Å². The van der Waals surface area contributed by atoms with Gasteiger partial charge in [0.25, 0.3) is 0 Å². The zero-order valence-electron chi connectivity index (χ0n) is 12.5. The lowest BCUT2D eigenvalue weighted by atomic mass is 10.1. The van der Waals surface area contributed by atoms with Crippen LogP contribution in [0.3, 0.4) is 0 Å². The summed E-state index contributed by atoms with van der Waals surface area (Å²) in [4.78, 5) is 0. The first-order valence-electron chi connectivity index (χ1n) is 7.16. The Bertz CT molecular complexity index is 379. The second-order valence-electron chi connectivity index (χ2n) is 4.64. The molecule has 0 saturated carbocycles. The van der Waals surface area contributed by atoms with E-state index in [1.807, 2.05) is 18.8 Å². The number of hydrogen-bond acceptors (Lipinski definition) is 3. The Labute approximate surface area is 126 Å². The van der Waals surface area contributed by atoms with E-state index in [1.165, 1.54) is 17.9 Å². The van der Waals surface area contributed by atoms with E-state index < -0.39 is 0 Å². The zero-order chi connectivity index (χ0) is 14.3. The topological polar surface area (TPSA) is 29.9 Å². The molecule has 110 valence electrons. The van der Waals surface area contributed by atoms with Gasteiger partial charge in [0.2, 0.25) is 0 Å². The summed E-state index contributed by atoms with van der Waals surface area (Å²) in [6.45, 7) is 7.32. The molecule has 1 rings (SSSR count). The Balaban J connectivity index is 2.75. The summed E-state index contributed by atoms with van der Waals surface area (Å²) < 4.78 is 2.05. The lowest BCUT2D eigenvalue weighted by Crippen LogP contribution is -2.31. The molecule has 0 aliphatic heterocycles. The van der Waals surface area contributed by atoms with Gasteiger partial charge < -0.3 is 5.32 Å². The monoisotopic (exact) mass is 303 g/mol. The van der Waals surface area contributed by atoms with Gasteiger partial charge in [-0.2, -0.15) is 16.9 Å². The molecule has 1 N–H and O–H groups in total. The van der Waals surface area contributed by atoms with Crippen molar-refractivity contribution in [1.82, 2.24) is 15.1 Å². The van der Waals surface area contributed by atoms with Crippen LogP contribution >= 0.6 is 23.4 Å². The van der Waals surface area contributed by atoms with Crippen molar-refractivity contribution >= 4 is 23.4 Å². The molecule has 0 spiro atoms. The fraction of sp³-hybridized carbons (Fsp3) is 0.786. The third-order valence-corrected chi connectivity index (χ3v) is 4.98. The van der Waals surface area contributed by atoms with E-state index in [4.69, 9.17) is 11.6 Å². The molecule has 1 heterocycles. The highest BCUT2D eigenvalue weighted by atomic mass is 35.5. The zero-order valence-corrected chi connectivity index (χ0v) is 14.1. The van der Waals surface area contributed by atoms with Crippen LogP contribution in [0.1, 0.15) is 38.6 Å². The first kappa shape index (κ1) is 16.9. The van der Waals surface area contributed by atoms with Gasteiger partial charge in [0.15, 0.2) is 0 Å². The smallest absolute Gasteiger partial charge is 0.0850 e. The van der Waals surface area contributed by atoms with E-state index in [2.05, 4.69) is 35.9 Å².